The third-order valence-electron chi connectivity index (χ3n) is 5.22. The van der Waals surface area contributed by atoms with Gasteiger partial charge >= 0.3 is 5.97 Å². The number of likely N-dealkylation sites (tertiary alicyclic amines) is 1. The molecule has 2 fully saturated rings. The number of nitrogens with zero attached hydrogens (tertiary/aromatic N) is 2. The Morgan fingerprint density at radius 3 is 2.52 bits per heavy atom. The molecule has 1 atom stereocenters. The lowest BCUT2D eigenvalue weighted by atomic mass is 9.98. The van der Waals surface area contributed by atoms with Gasteiger partial charge in [-0.25, -0.2) is 4.79 Å². The third kappa shape index (κ3) is 5.03. The summed E-state index contributed by atoms with van der Waals surface area (Å²) in [5.41, 5.74) is 1.46. The molecule has 2 saturated heterocycles. The van der Waals surface area contributed by atoms with Gasteiger partial charge in [0.15, 0.2) is 0 Å². The Bertz CT molecular complexity index is 596. The van der Waals surface area contributed by atoms with Crippen LogP contribution in [0.3, 0.4) is 0 Å². The predicted molar refractivity (Wildman–Crippen MR) is 95.7 cm³/mol. The molecule has 6 nitrogen and oxygen atoms in total. The summed E-state index contributed by atoms with van der Waals surface area (Å²) in [6, 6.07) is 7.09. The van der Waals surface area contributed by atoms with E-state index in [1.807, 2.05) is 17.0 Å². The molecule has 1 amide bonds. The zero-order valence-corrected chi connectivity index (χ0v) is 14.6. The Labute approximate surface area is 148 Å². The maximum absolute atomic E-state index is 12.4. The second kappa shape index (κ2) is 8.45. The lowest BCUT2D eigenvalue weighted by Gasteiger charge is -2.27. The number of hydrogen-bond acceptors (Lipinski definition) is 4. The lowest BCUT2D eigenvalue weighted by molar-refractivity contribution is -0.130. The van der Waals surface area contributed by atoms with Gasteiger partial charge in [-0.3, -0.25) is 4.79 Å². The van der Waals surface area contributed by atoms with Gasteiger partial charge in [-0.2, -0.15) is 0 Å². The van der Waals surface area contributed by atoms with E-state index in [2.05, 4.69) is 10.2 Å². The smallest absolute Gasteiger partial charge is 0.335 e. The lowest BCUT2D eigenvalue weighted by Crippen LogP contribution is -2.44. The van der Waals surface area contributed by atoms with Gasteiger partial charge in [0, 0.05) is 52.2 Å². The van der Waals surface area contributed by atoms with Crippen molar-refractivity contribution in [2.45, 2.75) is 19.3 Å². The van der Waals surface area contributed by atoms with Crippen LogP contribution in [-0.4, -0.2) is 72.6 Å². The average molecular weight is 345 g/mol. The first-order valence-corrected chi connectivity index (χ1v) is 9.15. The molecular weight excluding hydrogens is 318 g/mol. The molecule has 136 valence electrons. The van der Waals surface area contributed by atoms with Gasteiger partial charge in [-0.15, -0.1) is 0 Å². The number of hydrogen-bond donors (Lipinski definition) is 2. The van der Waals surface area contributed by atoms with Crippen LogP contribution in [-0.2, 0) is 11.2 Å². The zero-order valence-electron chi connectivity index (χ0n) is 14.6. The fourth-order valence-electron chi connectivity index (χ4n) is 3.69. The predicted octanol–water partition coefficient (Wildman–Crippen LogP) is 1.07. The van der Waals surface area contributed by atoms with Crippen LogP contribution < -0.4 is 5.32 Å². The van der Waals surface area contributed by atoms with E-state index in [0.717, 1.165) is 64.2 Å². The molecule has 2 heterocycles. The second-order valence-electron chi connectivity index (χ2n) is 7.04. The number of carboxylic acid groups (broad SMARTS) is 1. The SMILES string of the molecule is O=C(O)c1ccc(C[C@H]2CCN(C(=O)CCN3CCNCC3)C2)cc1. The van der Waals surface area contributed by atoms with E-state index >= 15 is 0 Å². The Hall–Kier alpha value is -1.92. The number of amides is 1. The molecule has 2 N–H and O–H groups in total. The molecule has 0 unspecified atom stereocenters. The van der Waals surface area contributed by atoms with Crippen molar-refractivity contribution >= 4 is 11.9 Å². The van der Waals surface area contributed by atoms with Crippen LogP contribution in [0, 0.1) is 5.92 Å². The fourth-order valence-corrected chi connectivity index (χ4v) is 3.69. The Balaban J connectivity index is 1.42. The van der Waals surface area contributed by atoms with Crippen molar-refractivity contribution in [2.24, 2.45) is 5.92 Å². The second-order valence-corrected chi connectivity index (χ2v) is 7.04. The summed E-state index contributed by atoms with van der Waals surface area (Å²) >= 11 is 0. The third-order valence-corrected chi connectivity index (χ3v) is 5.22. The molecule has 6 heteroatoms. The van der Waals surface area contributed by atoms with Crippen LogP contribution >= 0.6 is 0 Å². The van der Waals surface area contributed by atoms with E-state index in [9.17, 15) is 9.59 Å². The van der Waals surface area contributed by atoms with Crippen molar-refractivity contribution in [3.8, 4) is 0 Å². The fraction of sp³-hybridized carbons (Fsp3) is 0.579. The largest absolute Gasteiger partial charge is 0.478 e. The molecule has 0 bridgehead atoms. The summed E-state index contributed by atoms with van der Waals surface area (Å²) in [6.07, 6.45) is 2.54. The summed E-state index contributed by atoms with van der Waals surface area (Å²) in [7, 11) is 0. The molecule has 0 spiro atoms. The molecule has 2 aliphatic heterocycles. The highest BCUT2D eigenvalue weighted by atomic mass is 16.4. The maximum Gasteiger partial charge on any atom is 0.335 e. The molecule has 0 aromatic heterocycles. The minimum atomic E-state index is -0.895. The minimum absolute atomic E-state index is 0.266. The average Bonchev–Trinajstić information content (AvgIpc) is 3.09. The Morgan fingerprint density at radius 1 is 1.12 bits per heavy atom. The van der Waals surface area contributed by atoms with Crippen molar-refractivity contribution < 1.29 is 14.7 Å². The van der Waals surface area contributed by atoms with Gasteiger partial charge in [-0.1, -0.05) is 12.1 Å². The summed E-state index contributed by atoms with van der Waals surface area (Å²) in [5, 5.41) is 12.3. The molecular formula is C19H27N3O3. The van der Waals surface area contributed by atoms with Gasteiger partial charge in [0.05, 0.1) is 5.56 Å². The van der Waals surface area contributed by atoms with E-state index in [0.29, 0.717) is 17.9 Å². The zero-order chi connectivity index (χ0) is 17.6. The summed E-state index contributed by atoms with van der Waals surface area (Å²) in [6.45, 7) is 6.61. The van der Waals surface area contributed by atoms with E-state index in [1.54, 1.807) is 12.1 Å². The maximum atomic E-state index is 12.4. The number of piperazine rings is 1. The standard InChI is InChI=1S/C19H27N3O3/c23-18(6-9-21-11-7-20-8-12-21)22-10-5-16(14-22)13-15-1-3-17(4-2-15)19(24)25/h1-4,16,20H,5-14H2,(H,24,25)/t16-/m1/s1. The molecule has 2 aliphatic rings. The Kier molecular flexibility index (Phi) is 6.04. The highest BCUT2D eigenvalue weighted by molar-refractivity contribution is 5.87. The molecule has 25 heavy (non-hydrogen) atoms. The minimum Gasteiger partial charge on any atom is -0.478 e. The van der Waals surface area contributed by atoms with Crippen LogP contribution in [0.15, 0.2) is 24.3 Å². The van der Waals surface area contributed by atoms with Gasteiger partial charge in [0.2, 0.25) is 5.91 Å². The number of carbonyl (C=O) groups excluding carboxylic acids is 1. The van der Waals surface area contributed by atoms with Crippen LogP contribution in [0.4, 0.5) is 0 Å². The summed E-state index contributed by atoms with van der Waals surface area (Å²) in [4.78, 5) is 27.7. The summed E-state index contributed by atoms with van der Waals surface area (Å²) < 4.78 is 0. The van der Waals surface area contributed by atoms with Gasteiger partial charge in [0.25, 0.3) is 0 Å². The molecule has 0 saturated carbocycles. The molecule has 1 aromatic carbocycles. The number of rotatable bonds is 6. The van der Waals surface area contributed by atoms with Crippen LogP contribution in [0.5, 0.6) is 0 Å². The van der Waals surface area contributed by atoms with Gasteiger partial charge < -0.3 is 20.2 Å². The molecule has 0 radical (unpaired) electrons. The van der Waals surface area contributed by atoms with Crippen LogP contribution in [0.2, 0.25) is 0 Å². The van der Waals surface area contributed by atoms with E-state index in [1.165, 1.54) is 0 Å². The first kappa shape index (κ1) is 17.9. The number of carbonyl (C=O) groups is 2. The van der Waals surface area contributed by atoms with Gasteiger partial charge in [0.1, 0.15) is 0 Å². The van der Waals surface area contributed by atoms with Crippen LogP contribution in [0.1, 0.15) is 28.8 Å². The highest BCUT2D eigenvalue weighted by Crippen LogP contribution is 2.22. The van der Waals surface area contributed by atoms with Crippen molar-refractivity contribution in [2.75, 3.05) is 45.8 Å². The van der Waals surface area contributed by atoms with Gasteiger partial charge in [-0.05, 0) is 36.5 Å². The summed E-state index contributed by atoms with van der Waals surface area (Å²) in [5.74, 6) is -0.158. The molecule has 1 aromatic rings. The van der Waals surface area contributed by atoms with E-state index in [-0.39, 0.29) is 5.91 Å². The topological polar surface area (TPSA) is 72.9 Å². The first-order valence-electron chi connectivity index (χ1n) is 9.15. The van der Waals surface area contributed by atoms with E-state index < -0.39 is 5.97 Å². The Morgan fingerprint density at radius 2 is 1.84 bits per heavy atom. The number of nitrogens with one attached hydrogen (secondary N) is 1. The number of aromatic carboxylic acids is 1. The number of benzene rings is 1. The van der Waals surface area contributed by atoms with Crippen LogP contribution in [0.25, 0.3) is 0 Å². The highest BCUT2D eigenvalue weighted by Gasteiger charge is 2.26. The monoisotopic (exact) mass is 345 g/mol. The number of carboxylic acids is 1. The van der Waals surface area contributed by atoms with Crippen molar-refractivity contribution in [3.05, 3.63) is 35.4 Å². The van der Waals surface area contributed by atoms with E-state index in [4.69, 9.17) is 5.11 Å². The molecule has 0 aliphatic carbocycles. The first-order chi connectivity index (χ1) is 12.1. The normalized spacial score (nSPS) is 21.4. The van der Waals surface area contributed by atoms with Crippen molar-refractivity contribution in [1.82, 2.24) is 15.1 Å². The quantitative estimate of drug-likeness (QED) is 0.807. The molecule has 3 rings (SSSR count). The van der Waals surface area contributed by atoms with Crippen molar-refractivity contribution in [3.63, 3.8) is 0 Å². The van der Waals surface area contributed by atoms with Crippen molar-refractivity contribution in [1.29, 1.82) is 0 Å².